The maximum absolute atomic E-state index is 12.0. The SMILES string of the molecule is CCOc1ccc(/C=C/C(=O)c2ccc(I)cc2)cc1. The lowest BCUT2D eigenvalue weighted by atomic mass is 10.1. The Kier molecular flexibility index (Phi) is 5.35. The Balaban J connectivity index is 2.04. The van der Waals surface area contributed by atoms with Crippen LogP contribution in [0.3, 0.4) is 0 Å². The van der Waals surface area contributed by atoms with Crippen molar-refractivity contribution in [1.29, 1.82) is 0 Å². The molecule has 0 aliphatic rings. The molecule has 2 aromatic rings. The zero-order chi connectivity index (χ0) is 14.4. The van der Waals surface area contributed by atoms with Gasteiger partial charge in [-0.3, -0.25) is 4.79 Å². The molecule has 102 valence electrons. The molecular weight excluding hydrogens is 363 g/mol. The van der Waals surface area contributed by atoms with Crippen molar-refractivity contribution in [3.05, 3.63) is 69.3 Å². The molecule has 0 saturated heterocycles. The van der Waals surface area contributed by atoms with Crippen LogP contribution in [0.2, 0.25) is 0 Å². The number of carbonyl (C=O) groups is 1. The van der Waals surface area contributed by atoms with Crippen molar-refractivity contribution in [3.8, 4) is 5.75 Å². The lowest BCUT2D eigenvalue weighted by Gasteiger charge is -2.02. The molecule has 0 spiro atoms. The smallest absolute Gasteiger partial charge is 0.185 e. The number of rotatable bonds is 5. The fourth-order valence-electron chi connectivity index (χ4n) is 1.72. The van der Waals surface area contributed by atoms with Crippen LogP contribution in [0.25, 0.3) is 6.08 Å². The molecule has 0 amide bonds. The Hall–Kier alpha value is -1.62. The maximum Gasteiger partial charge on any atom is 0.185 e. The second-order valence-corrected chi connectivity index (χ2v) is 5.45. The average Bonchev–Trinajstić information content (AvgIpc) is 2.47. The molecule has 2 rings (SSSR count). The molecule has 0 heterocycles. The van der Waals surface area contributed by atoms with Gasteiger partial charge in [-0.15, -0.1) is 0 Å². The van der Waals surface area contributed by atoms with Crippen molar-refractivity contribution in [1.82, 2.24) is 0 Å². The first-order valence-electron chi connectivity index (χ1n) is 6.40. The van der Waals surface area contributed by atoms with Gasteiger partial charge in [-0.1, -0.05) is 30.3 Å². The Morgan fingerprint density at radius 1 is 1.10 bits per heavy atom. The summed E-state index contributed by atoms with van der Waals surface area (Å²) >= 11 is 2.22. The number of hydrogen-bond donors (Lipinski definition) is 0. The number of hydrogen-bond acceptors (Lipinski definition) is 2. The molecule has 0 aromatic heterocycles. The van der Waals surface area contributed by atoms with E-state index in [-0.39, 0.29) is 5.78 Å². The molecule has 0 aliphatic heterocycles. The minimum absolute atomic E-state index is 0.00952. The van der Waals surface area contributed by atoms with Gasteiger partial charge >= 0.3 is 0 Å². The number of halogens is 1. The minimum Gasteiger partial charge on any atom is -0.494 e. The second-order valence-electron chi connectivity index (χ2n) is 4.21. The predicted molar refractivity (Wildman–Crippen MR) is 90.1 cm³/mol. The van der Waals surface area contributed by atoms with Gasteiger partial charge in [0, 0.05) is 9.13 Å². The summed E-state index contributed by atoms with van der Waals surface area (Å²) in [6.45, 7) is 2.61. The van der Waals surface area contributed by atoms with Crippen molar-refractivity contribution in [3.63, 3.8) is 0 Å². The zero-order valence-corrected chi connectivity index (χ0v) is 13.3. The highest BCUT2D eigenvalue weighted by Gasteiger charge is 2.00. The highest BCUT2D eigenvalue weighted by molar-refractivity contribution is 14.1. The van der Waals surface area contributed by atoms with Crippen LogP contribution < -0.4 is 4.74 Å². The van der Waals surface area contributed by atoms with Gasteiger partial charge in [-0.2, -0.15) is 0 Å². The van der Waals surface area contributed by atoms with E-state index in [0.717, 1.165) is 14.9 Å². The summed E-state index contributed by atoms with van der Waals surface area (Å²) in [4.78, 5) is 12.0. The van der Waals surface area contributed by atoms with E-state index in [1.54, 1.807) is 6.08 Å². The molecule has 20 heavy (non-hydrogen) atoms. The third-order valence-electron chi connectivity index (χ3n) is 2.75. The fraction of sp³-hybridized carbons (Fsp3) is 0.118. The van der Waals surface area contributed by atoms with E-state index in [1.807, 2.05) is 61.5 Å². The Labute approximate surface area is 132 Å². The summed E-state index contributed by atoms with van der Waals surface area (Å²) in [5.41, 5.74) is 1.68. The first-order valence-corrected chi connectivity index (χ1v) is 7.48. The van der Waals surface area contributed by atoms with Crippen LogP contribution in [-0.2, 0) is 0 Å². The monoisotopic (exact) mass is 378 g/mol. The number of benzene rings is 2. The maximum atomic E-state index is 12.0. The summed E-state index contributed by atoms with van der Waals surface area (Å²) in [7, 11) is 0. The fourth-order valence-corrected chi connectivity index (χ4v) is 2.08. The standard InChI is InChI=1S/C17H15IO2/c1-2-20-16-10-3-13(4-11-16)5-12-17(19)14-6-8-15(18)9-7-14/h3-12H,2H2,1H3/b12-5+. The zero-order valence-electron chi connectivity index (χ0n) is 11.2. The summed E-state index contributed by atoms with van der Waals surface area (Å²) < 4.78 is 6.50. The third-order valence-corrected chi connectivity index (χ3v) is 3.47. The minimum atomic E-state index is 0.00952. The van der Waals surface area contributed by atoms with Crippen LogP contribution in [0, 0.1) is 3.57 Å². The van der Waals surface area contributed by atoms with Gasteiger partial charge in [0.25, 0.3) is 0 Å². The molecular formula is C17H15IO2. The van der Waals surface area contributed by atoms with Gasteiger partial charge in [0.2, 0.25) is 0 Å². The first-order chi connectivity index (χ1) is 9.69. The molecule has 0 unspecified atom stereocenters. The third kappa shape index (κ3) is 4.20. The Morgan fingerprint density at radius 3 is 2.35 bits per heavy atom. The van der Waals surface area contributed by atoms with E-state index in [4.69, 9.17) is 4.74 Å². The van der Waals surface area contributed by atoms with Crippen LogP contribution >= 0.6 is 22.6 Å². The number of carbonyl (C=O) groups excluding carboxylic acids is 1. The van der Waals surface area contributed by atoms with Crippen LogP contribution in [0.1, 0.15) is 22.8 Å². The van der Waals surface area contributed by atoms with E-state index in [0.29, 0.717) is 12.2 Å². The highest BCUT2D eigenvalue weighted by Crippen LogP contribution is 2.14. The topological polar surface area (TPSA) is 26.3 Å². The second kappa shape index (κ2) is 7.24. The quantitative estimate of drug-likeness (QED) is 0.432. The number of ketones is 1. The van der Waals surface area contributed by atoms with E-state index < -0.39 is 0 Å². The van der Waals surface area contributed by atoms with Crippen molar-refractivity contribution in [2.45, 2.75) is 6.92 Å². The molecule has 2 nitrogen and oxygen atoms in total. The van der Waals surface area contributed by atoms with Gasteiger partial charge in [-0.25, -0.2) is 0 Å². The molecule has 0 N–H and O–H groups in total. The van der Waals surface area contributed by atoms with Gasteiger partial charge in [0.1, 0.15) is 5.75 Å². The summed E-state index contributed by atoms with van der Waals surface area (Å²) in [6.07, 6.45) is 3.41. The molecule has 0 aliphatic carbocycles. The van der Waals surface area contributed by atoms with Crippen LogP contribution in [0.4, 0.5) is 0 Å². The molecule has 3 heteroatoms. The van der Waals surface area contributed by atoms with Gasteiger partial charge in [0.15, 0.2) is 5.78 Å². The lowest BCUT2D eigenvalue weighted by Crippen LogP contribution is -1.93. The van der Waals surface area contributed by atoms with Gasteiger partial charge in [0.05, 0.1) is 6.61 Å². The van der Waals surface area contributed by atoms with E-state index in [1.165, 1.54) is 0 Å². The molecule has 2 aromatic carbocycles. The Bertz CT molecular complexity index is 598. The van der Waals surface area contributed by atoms with E-state index >= 15 is 0 Å². The first kappa shape index (κ1) is 14.8. The summed E-state index contributed by atoms with van der Waals surface area (Å²) in [6, 6.07) is 15.2. The number of allylic oxidation sites excluding steroid dienone is 1. The summed E-state index contributed by atoms with van der Waals surface area (Å²) in [5, 5.41) is 0. The molecule has 0 bridgehead atoms. The molecule has 0 atom stereocenters. The largest absolute Gasteiger partial charge is 0.494 e. The van der Waals surface area contributed by atoms with Crippen molar-refractivity contribution in [2.24, 2.45) is 0 Å². The molecule has 0 radical (unpaired) electrons. The van der Waals surface area contributed by atoms with Gasteiger partial charge < -0.3 is 4.74 Å². The van der Waals surface area contributed by atoms with Crippen LogP contribution in [0.15, 0.2) is 54.6 Å². The average molecular weight is 378 g/mol. The highest BCUT2D eigenvalue weighted by atomic mass is 127. The van der Waals surface area contributed by atoms with Crippen molar-refractivity contribution < 1.29 is 9.53 Å². The Morgan fingerprint density at radius 2 is 1.75 bits per heavy atom. The van der Waals surface area contributed by atoms with Gasteiger partial charge in [-0.05, 0) is 65.4 Å². The normalized spacial score (nSPS) is 10.7. The van der Waals surface area contributed by atoms with E-state index in [9.17, 15) is 4.79 Å². The van der Waals surface area contributed by atoms with Crippen LogP contribution in [0.5, 0.6) is 5.75 Å². The van der Waals surface area contributed by atoms with Crippen molar-refractivity contribution in [2.75, 3.05) is 6.61 Å². The molecule has 0 fully saturated rings. The predicted octanol–water partition coefficient (Wildman–Crippen LogP) is 4.59. The van der Waals surface area contributed by atoms with Crippen molar-refractivity contribution >= 4 is 34.5 Å². The summed E-state index contributed by atoms with van der Waals surface area (Å²) in [5.74, 6) is 0.851. The molecule has 0 saturated carbocycles. The van der Waals surface area contributed by atoms with Crippen LogP contribution in [-0.4, -0.2) is 12.4 Å². The van der Waals surface area contributed by atoms with E-state index in [2.05, 4.69) is 22.6 Å². The number of ether oxygens (including phenoxy) is 1. The lowest BCUT2D eigenvalue weighted by molar-refractivity contribution is 0.104.